The second-order valence-corrected chi connectivity index (χ2v) is 8.86. The van der Waals surface area contributed by atoms with E-state index in [-0.39, 0.29) is 10.7 Å². The first-order chi connectivity index (χ1) is 13.3. The normalized spacial score (nSPS) is 11.6. The largest absolute Gasteiger partial charge is 0.455 e. The van der Waals surface area contributed by atoms with E-state index in [2.05, 4.69) is 0 Å². The Morgan fingerprint density at radius 2 is 1.61 bits per heavy atom. The number of hydrogen-bond acceptors (Lipinski definition) is 4. The highest BCUT2D eigenvalue weighted by molar-refractivity contribution is 7.90. The number of rotatable bonds is 3. The maximum absolute atomic E-state index is 13.9. The van der Waals surface area contributed by atoms with Crippen LogP contribution in [0.15, 0.2) is 82.1 Å². The lowest BCUT2D eigenvalue weighted by Gasteiger charge is -2.12. The smallest absolute Gasteiger partial charge is 0.175 e. The average molecular weight is 410 g/mol. The number of fused-ring (bicyclic) bond motifs is 1. The zero-order chi connectivity index (χ0) is 19.9. The third-order valence-corrected chi connectivity index (χ3v) is 6.01. The first-order valence-corrected chi connectivity index (χ1v) is 10.8. The molecule has 0 N–H and O–H groups in total. The molecule has 4 aromatic rings. The lowest BCUT2D eigenvalue weighted by molar-refractivity contribution is 0.601. The second-order valence-electron chi connectivity index (χ2n) is 6.44. The molecule has 0 bridgehead atoms. The van der Waals surface area contributed by atoms with Gasteiger partial charge < -0.3 is 4.42 Å². The molecule has 0 aliphatic carbocycles. The molecule has 1 aromatic heterocycles. The SMILES string of the molecule is CS(=O)(=O)c1ccc(-c2oc3ccccc3c(=S)c2-c2cccc(F)c2)cc1. The van der Waals surface area contributed by atoms with Crippen LogP contribution in [0.4, 0.5) is 4.39 Å². The van der Waals surface area contributed by atoms with Gasteiger partial charge in [-0.3, -0.25) is 0 Å². The lowest BCUT2D eigenvalue weighted by atomic mass is 9.99. The fourth-order valence-electron chi connectivity index (χ4n) is 3.10. The molecule has 3 aromatic carbocycles. The molecule has 0 amide bonds. The molecule has 0 unspecified atom stereocenters. The molecule has 1 heterocycles. The van der Waals surface area contributed by atoms with E-state index in [1.54, 1.807) is 24.3 Å². The molecule has 3 nitrogen and oxygen atoms in total. The van der Waals surface area contributed by atoms with Crippen LogP contribution in [0.5, 0.6) is 0 Å². The van der Waals surface area contributed by atoms with Gasteiger partial charge in [0.2, 0.25) is 0 Å². The van der Waals surface area contributed by atoms with Crippen LogP contribution in [0.3, 0.4) is 0 Å². The molecule has 4 rings (SSSR count). The molecule has 0 spiro atoms. The van der Waals surface area contributed by atoms with Gasteiger partial charge in [0.15, 0.2) is 9.84 Å². The standard InChI is InChI=1S/C22H15FO3S2/c1-28(24,25)17-11-9-14(10-12-17)21-20(15-5-4-6-16(23)13-15)22(27)18-7-2-3-8-19(18)26-21/h2-13H,1H3. The second kappa shape index (κ2) is 6.96. The van der Waals surface area contributed by atoms with Gasteiger partial charge in [-0.1, -0.05) is 36.5 Å². The van der Waals surface area contributed by atoms with Crippen molar-refractivity contribution in [2.24, 2.45) is 0 Å². The summed E-state index contributed by atoms with van der Waals surface area (Å²) in [7, 11) is -3.31. The summed E-state index contributed by atoms with van der Waals surface area (Å²) in [6.07, 6.45) is 1.15. The van der Waals surface area contributed by atoms with E-state index in [1.807, 2.05) is 24.3 Å². The van der Waals surface area contributed by atoms with Gasteiger partial charge in [0.1, 0.15) is 17.2 Å². The molecular weight excluding hydrogens is 395 g/mol. The Bertz CT molecular complexity index is 1350. The minimum absolute atomic E-state index is 0.211. The third-order valence-electron chi connectivity index (χ3n) is 4.46. The zero-order valence-corrected chi connectivity index (χ0v) is 16.5. The van der Waals surface area contributed by atoms with Crippen molar-refractivity contribution in [2.45, 2.75) is 4.90 Å². The van der Waals surface area contributed by atoms with Gasteiger partial charge in [-0.25, -0.2) is 12.8 Å². The van der Waals surface area contributed by atoms with Crippen LogP contribution < -0.4 is 0 Å². The summed E-state index contributed by atoms with van der Waals surface area (Å²) < 4.78 is 44.1. The molecule has 0 atom stereocenters. The highest BCUT2D eigenvalue weighted by atomic mass is 32.2. The molecule has 0 aliphatic heterocycles. The van der Waals surface area contributed by atoms with E-state index in [0.717, 1.165) is 11.6 Å². The van der Waals surface area contributed by atoms with Crippen LogP contribution in [0.2, 0.25) is 0 Å². The predicted octanol–water partition coefficient (Wildman–Crippen LogP) is 6.04. The molecule has 0 saturated carbocycles. The van der Waals surface area contributed by atoms with Crippen LogP contribution in [-0.2, 0) is 9.84 Å². The van der Waals surface area contributed by atoms with Crippen LogP contribution in [0, 0.1) is 10.3 Å². The van der Waals surface area contributed by atoms with Gasteiger partial charge in [0.05, 0.1) is 9.41 Å². The topological polar surface area (TPSA) is 47.3 Å². The number of hydrogen-bond donors (Lipinski definition) is 0. The zero-order valence-electron chi connectivity index (χ0n) is 14.8. The summed E-state index contributed by atoms with van der Waals surface area (Å²) in [5.41, 5.74) is 2.46. The predicted molar refractivity (Wildman–Crippen MR) is 111 cm³/mol. The molecule has 0 fully saturated rings. The maximum atomic E-state index is 13.9. The average Bonchev–Trinajstić information content (AvgIpc) is 2.67. The molecule has 6 heteroatoms. The molecule has 0 radical (unpaired) electrons. The summed E-state index contributed by atoms with van der Waals surface area (Å²) in [6, 6.07) is 19.9. The van der Waals surface area contributed by atoms with Crippen LogP contribution in [-0.4, -0.2) is 14.7 Å². The van der Waals surface area contributed by atoms with Crippen LogP contribution in [0.25, 0.3) is 33.4 Å². The lowest BCUT2D eigenvalue weighted by Crippen LogP contribution is -1.96. The van der Waals surface area contributed by atoms with Crippen molar-refractivity contribution < 1.29 is 17.2 Å². The number of para-hydroxylation sites is 1. The summed E-state index contributed by atoms with van der Waals surface area (Å²) in [4.78, 5) is 0.211. The molecule has 28 heavy (non-hydrogen) atoms. The van der Waals surface area contributed by atoms with E-state index >= 15 is 0 Å². The highest BCUT2D eigenvalue weighted by Gasteiger charge is 2.17. The van der Waals surface area contributed by atoms with Crippen molar-refractivity contribution in [3.05, 3.63) is 83.1 Å². The van der Waals surface area contributed by atoms with E-state index in [1.165, 1.54) is 24.3 Å². The Morgan fingerprint density at radius 1 is 0.893 bits per heavy atom. The van der Waals surface area contributed by atoms with Crippen molar-refractivity contribution in [3.63, 3.8) is 0 Å². The van der Waals surface area contributed by atoms with Gasteiger partial charge >= 0.3 is 0 Å². The van der Waals surface area contributed by atoms with Crippen LogP contribution in [0.1, 0.15) is 0 Å². The van der Waals surface area contributed by atoms with E-state index in [0.29, 0.717) is 32.5 Å². The molecule has 0 aliphatic rings. The fourth-order valence-corrected chi connectivity index (χ4v) is 4.11. The highest BCUT2D eigenvalue weighted by Crippen LogP contribution is 2.37. The fraction of sp³-hybridized carbons (Fsp3) is 0.0455. The van der Waals surface area contributed by atoms with Gasteiger partial charge in [-0.2, -0.15) is 0 Å². The van der Waals surface area contributed by atoms with Crippen molar-refractivity contribution >= 4 is 33.0 Å². The van der Waals surface area contributed by atoms with Gasteiger partial charge in [-0.05, 0) is 54.1 Å². The van der Waals surface area contributed by atoms with E-state index in [9.17, 15) is 12.8 Å². The Morgan fingerprint density at radius 3 is 2.29 bits per heavy atom. The van der Waals surface area contributed by atoms with Crippen LogP contribution >= 0.6 is 12.2 Å². The number of sulfone groups is 1. The van der Waals surface area contributed by atoms with Gasteiger partial charge in [-0.15, -0.1) is 0 Å². The minimum atomic E-state index is -3.31. The summed E-state index contributed by atoms with van der Waals surface area (Å²) in [5.74, 6) is 0.0905. The van der Waals surface area contributed by atoms with Crippen molar-refractivity contribution in [2.75, 3.05) is 6.26 Å². The number of benzene rings is 3. The molecule has 0 saturated heterocycles. The number of halogens is 1. The van der Waals surface area contributed by atoms with Crippen molar-refractivity contribution in [1.29, 1.82) is 0 Å². The first-order valence-electron chi connectivity index (χ1n) is 8.47. The molecular formula is C22H15FO3S2. The van der Waals surface area contributed by atoms with E-state index in [4.69, 9.17) is 16.6 Å². The monoisotopic (exact) mass is 410 g/mol. The Labute approximate surface area is 167 Å². The summed E-state index contributed by atoms with van der Waals surface area (Å²) >= 11 is 5.71. The van der Waals surface area contributed by atoms with E-state index < -0.39 is 9.84 Å². The van der Waals surface area contributed by atoms with Gasteiger partial charge in [0, 0.05) is 22.8 Å². The van der Waals surface area contributed by atoms with Gasteiger partial charge in [0.25, 0.3) is 0 Å². The first kappa shape index (κ1) is 18.5. The quantitative estimate of drug-likeness (QED) is 0.386. The van der Waals surface area contributed by atoms with Crippen molar-refractivity contribution in [3.8, 4) is 22.5 Å². The Balaban J connectivity index is 2.04. The Hall–Kier alpha value is -2.83. The minimum Gasteiger partial charge on any atom is -0.455 e. The Kier molecular flexibility index (Phi) is 4.61. The molecule has 140 valence electrons. The third kappa shape index (κ3) is 3.37. The maximum Gasteiger partial charge on any atom is 0.175 e. The summed E-state index contributed by atoms with van der Waals surface area (Å²) in [5, 5.41) is 0.758. The van der Waals surface area contributed by atoms with Crippen molar-refractivity contribution in [1.82, 2.24) is 0 Å². The summed E-state index contributed by atoms with van der Waals surface area (Å²) in [6.45, 7) is 0.